The summed E-state index contributed by atoms with van der Waals surface area (Å²) >= 11 is 0. The van der Waals surface area contributed by atoms with Gasteiger partial charge in [-0.1, -0.05) is 34.6 Å². The summed E-state index contributed by atoms with van der Waals surface area (Å²) in [7, 11) is 0. The first-order chi connectivity index (χ1) is 9.53. The highest BCUT2D eigenvalue weighted by atomic mass is 16.7. The molecule has 1 saturated carbocycles. The summed E-state index contributed by atoms with van der Waals surface area (Å²) in [6, 6.07) is 0. The average molecular weight is 296 g/mol. The average Bonchev–Trinajstić information content (AvgIpc) is 2.64. The highest BCUT2D eigenvalue weighted by Gasteiger charge is 2.54. The number of ether oxygens (including phenoxy) is 2. The molecule has 0 bridgehead atoms. The van der Waals surface area contributed by atoms with Crippen molar-refractivity contribution < 1.29 is 9.47 Å². The van der Waals surface area contributed by atoms with Crippen molar-refractivity contribution in [2.24, 2.45) is 22.7 Å². The summed E-state index contributed by atoms with van der Waals surface area (Å²) in [6.45, 7) is 18.4. The van der Waals surface area contributed by atoms with Gasteiger partial charge < -0.3 is 9.47 Å². The molecular formula is C19H36O2. The topological polar surface area (TPSA) is 18.5 Å². The lowest BCUT2D eigenvalue weighted by Crippen LogP contribution is -2.45. The Bertz CT molecular complexity index is 374. The first-order valence-corrected chi connectivity index (χ1v) is 8.88. The molecule has 1 saturated heterocycles. The summed E-state index contributed by atoms with van der Waals surface area (Å²) < 4.78 is 12.7. The molecule has 124 valence electrons. The van der Waals surface area contributed by atoms with E-state index in [0.717, 1.165) is 18.8 Å². The summed E-state index contributed by atoms with van der Waals surface area (Å²) in [5.41, 5.74) is 0.547. The molecule has 21 heavy (non-hydrogen) atoms. The molecule has 2 rings (SSSR count). The van der Waals surface area contributed by atoms with Crippen LogP contribution in [0.3, 0.4) is 0 Å². The minimum Gasteiger partial charge on any atom is -0.347 e. The molecule has 5 atom stereocenters. The third-order valence-corrected chi connectivity index (χ3v) is 6.79. The SMILES string of the molecule is CCC1C[C@]2(C)C(C)CCC2C(C)(C)C(C)OC(C)(C)O1. The van der Waals surface area contributed by atoms with Gasteiger partial charge in [0.15, 0.2) is 5.79 Å². The normalized spacial score (nSPS) is 46.3. The predicted molar refractivity (Wildman–Crippen MR) is 88.2 cm³/mol. The first-order valence-electron chi connectivity index (χ1n) is 8.88. The summed E-state index contributed by atoms with van der Waals surface area (Å²) in [5, 5.41) is 0. The van der Waals surface area contributed by atoms with Crippen molar-refractivity contribution in [3.63, 3.8) is 0 Å². The third-order valence-electron chi connectivity index (χ3n) is 6.79. The highest BCUT2D eigenvalue weighted by Crippen LogP contribution is 2.59. The number of hydrogen-bond acceptors (Lipinski definition) is 2. The second-order valence-electron chi connectivity index (χ2n) is 8.87. The molecule has 2 aliphatic rings. The largest absolute Gasteiger partial charge is 0.347 e. The Kier molecular flexibility index (Phi) is 4.55. The lowest BCUT2D eigenvalue weighted by atomic mass is 9.60. The molecule has 1 aliphatic carbocycles. The minimum atomic E-state index is -0.490. The van der Waals surface area contributed by atoms with Gasteiger partial charge in [0.05, 0.1) is 12.2 Å². The van der Waals surface area contributed by atoms with Gasteiger partial charge in [0.2, 0.25) is 0 Å². The lowest BCUT2D eigenvalue weighted by molar-refractivity contribution is -0.268. The van der Waals surface area contributed by atoms with E-state index in [4.69, 9.17) is 9.47 Å². The van der Waals surface area contributed by atoms with E-state index < -0.39 is 5.79 Å². The van der Waals surface area contributed by atoms with E-state index in [2.05, 4.69) is 55.4 Å². The fourth-order valence-electron chi connectivity index (χ4n) is 5.03. The van der Waals surface area contributed by atoms with Gasteiger partial charge in [0.1, 0.15) is 0 Å². The van der Waals surface area contributed by atoms with Crippen molar-refractivity contribution in [1.29, 1.82) is 0 Å². The Morgan fingerprint density at radius 2 is 1.57 bits per heavy atom. The maximum absolute atomic E-state index is 6.37. The molecule has 1 aliphatic heterocycles. The van der Waals surface area contributed by atoms with Gasteiger partial charge in [-0.3, -0.25) is 0 Å². The maximum Gasteiger partial charge on any atom is 0.163 e. The quantitative estimate of drug-likeness (QED) is 0.644. The highest BCUT2D eigenvalue weighted by molar-refractivity contribution is 5.02. The molecule has 0 aromatic heterocycles. The Hall–Kier alpha value is -0.0800. The van der Waals surface area contributed by atoms with Crippen molar-refractivity contribution in [3.8, 4) is 0 Å². The van der Waals surface area contributed by atoms with Crippen molar-refractivity contribution in [1.82, 2.24) is 0 Å². The van der Waals surface area contributed by atoms with Crippen LogP contribution in [-0.2, 0) is 9.47 Å². The van der Waals surface area contributed by atoms with Crippen LogP contribution in [0.4, 0.5) is 0 Å². The lowest BCUT2D eigenvalue weighted by Gasteiger charge is -2.47. The predicted octanol–water partition coefficient (Wildman–Crippen LogP) is 5.41. The van der Waals surface area contributed by atoms with Crippen LogP contribution in [0.2, 0.25) is 0 Å². The number of fused-ring (bicyclic) bond motifs is 1. The molecule has 1 heterocycles. The van der Waals surface area contributed by atoms with Crippen molar-refractivity contribution >= 4 is 0 Å². The number of hydrogen-bond donors (Lipinski definition) is 0. The molecule has 4 unspecified atom stereocenters. The Balaban J connectivity index is 2.43. The minimum absolute atomic E-state index is 0.183. The van der Waals surface area contributed by atoms with Crippen LogP contribution >= 0.6 is 0 Å². The Morgan fingerprint density at radius 1 is 0.952 bits per heavy atom. The smallest absolute Gasteiger partial charge is 0.163 e. The molecule has 0 spiro atoms. The number of rotatable bonds is 1. The van der Waals surface area contributed by atoms with E-state index in [1.807, 2.05) is 0 Å². The van der Waals surface area contributed by atoms with Crippen molar-refractivity contribution in [2.75, 3.05) is 0 Å². The second kappa shape index (κ2) is 5.53. The summed E-state index contributed by atoms with van der Waals surface area (Å²) in [5.74, 6) is 0.990. The Labute approximate surface area is 132 Å². The maximum atomic E-state index is 6.37. The molecule has 0 N–H and O–H groups in total. The van der Waals surface area contributed by atoms with Gasteiger partial charge in [-0.05, 0) is 69.1 Å². The third kappa shape index (κ3) is 3.03. The van der Waals surface area contributed by atoms with E-state index in [0.29, 0.717) is 17.4 Å². The van der Waals surface area contributed by atoms with Crippen LogP contribution in [0.15, 0.2) is 0 Å². The Morgan fingerprint density at radius 3 is 2.14 bits per heavy atom. The van der Waals surface area contributed by atoms with Gasteiger partial charge >= 0.3 is 0 Å². The van der Waals surface area contributed by atoms with Crippen LogP contribution in [-0.4, -0.2) is 18.0 Å². The van der Waals surface area contributed by atoms with Crippen LogP contribution in [0, 0.1) is 22.7 Å². The van der Waals surface area contributed by atoms with Crippen molar-refractivity contribution in [2.45, 2.75) is 99.1 Å². The van der Waals surface area contributed by atoms with Gasteiger partial charge in [0.25, 0.3) is 0 Å². The summed E-state index contributed by atoms with van der Waals surface area (Å²) in [4.78, 5) is 0. The van der Waals surface area contributed by atoms with E-state index in [1.54, 1.807) is 0 Å². The van der Waals surface area contributed by atoms with E-state index in [-0.39, 0.29) is 11.5 Å². The molecule has 0 aromatic carbocycles. The zero-order chi connectivity index (χ0) is 16.1. The van der Waals surface area contributed by atoms with E-state index in [1.165, 1.54) is 12.8 Å². The van der Waals surface area contributed by atoms with E-state index >= 15 is 0 Å². The first kappa shape index (κ1) is 17.3. The molecule has 2 fully saturated rings. The zero-order valence-electron chi connectivity index (χ0n) is 15.5. The van der Waals surface area contributed by atoms with Gasteiger partial charge in [-0.15, -0.1) is 0 Å². The van der Waals surface area contributed by atoms with Gasteiger partial charge in [-0.25, -0.2) is 0 Å². The fourth-order valence-corrected chi connectivity index (χ4v) is 5.03. The van der Waals surface area contributed by atoms with Gasteiger partial charge in [0, 0.05) is 0 Å². The monoisotopic (exact) mass is 296 g/mol. The van der Waals surface area contributed by atoms with Crippen molar-refractivity contribution in [3.05, 3.63) is 0 Å². The fraction of sp³-hybridized carbons (Fsp3) is 1.00. The van der Waals surface area contributed by atoms with Crippen LogP contribution in [0.5, 0.6) is 0 Å². The van der Waals surface area contributed by atoms with E-state index in [9.17, 15) is 0 Å². The molecular weight excluding hydrogens is 260 g/mol. The van der Waals surface area contributed by atoms with Crippen LogP contribution in [0.25, 0.3) is 0 Å². The molecule has 0 aromatic rings. The van der Waals surface area contributed by atoms with Crippen LogP contribution in [0.1, 0.15) is 81.1 Å². The van der Waals surface area contributed by atoms with Crippen LogP contribution < -0.4 is 0 Å². The van der Waals surface area contributed by atoms with Gasteiger partial charge in [-0.2, -0.15) is 0 Å². The summed E-state index contributed by atoms with van der Waals surface area (Å²) in [6.07, 6.45) is 5.41. The molecule has 2 nitrogen and oxygen atoms in total. The molecule has 2 heteroatoms. The molecule has 0 radical (unpaired) electrons. The molecule has 0 amide bonds. The standard InChI is InChI=1S/C19H36O2/c1-9-15-12-19(8)13(2)10-11-16(19)17(4,5)14(3)20-18(6,7)21-15/h13-16H,9-12H2,1-8H3/t13?,14?,15?,16?,19-/m1/s1. The zero-order valence-corrected chi connectivity index (χ0v) is 15.5. The second-order valence-corrected chi connectivity index (χ2v) is 8.87.